The molecule has 2 rings (SSSR count). The van der Waals surface area contributed by atoms with E-state index in [4.69, 9.17) is 9.84 Å². The number of aryl methyl sites for hydroxylation is 1. The van der Waals surface area contributed by atoms with Crippen LogP contribution in [-0.2, 0) is 4.79 Å². The van der Waals surface area contributed by atoms with Gasteiger partial charge in [0.1, 0.15) is 5.75 Å². The van der Waals surface area contributed by atoms with Crippen LogP contribution >= 0.6 is 0 Å². The highest BCUT2D eigenvalue weighted by atomic mass is 16.5. The highest BCUT2D eigenvalue weighted by Gasteiger charge is 2.31. The van der Waals surface area contributed by atoms with Gasteiger partial charge in [-0.05, 0) is 68.7 Å². The van der Waals surface area contributed by atoms with E-state index in [1.54, 1.807) is 0 Å². The molecule has 1 saturated carbocycles. The molecule has 1 aliphatic rings. The van der Waals surface area contributed by atoms with Crippen LogP contribution in [0, 0.1) is 18.8 Å². The van der Waals surface area contributed by atoms with Gasteiger partial charge in [0, 0.05) is 6.42 Å². The molecule has 3 N–H and O–H groups in total. The van der Waals surface area contributed by atoms with Crippen LogP contribution in [0.2, 0.25) is 0 Å². The lowest BCUT2D eigenvalue weighted by atomic mass is 9.92. The molecule has 1 aromatic carbocycles. The summed E-state index contributed by atoms with van der Waals surface area (Å²) in [5.74, 6) is -2.40. The third-order valence-electron chi connectivity index (χ3n) is 5.06. The second kappa shape index (κ2) is 10.9. The van der Waals surface area contributed by atoms with Crippen molar-refractivity contribution in [2.75, 3.05) is 6.61 Å². The number of benzene rings is 1. The van der Waals surface area contributed by atoms with Crippen LogP contribution < -0.4 is 4.74 Å². The second-order valence-electron chi connectivity index (χ2n) is 7.37. The Balaban J connectivity index is 1.71. The third-order valence-corrected chi connectivity index (χ3v) is 5.06. The fourth-order valence-electron chi connectivity index (χ4n) is 3.35. The summed E-state index contributed by atoms with van der Waals surface area (Å²) in [6.07, 6.45) is 12.6. The molecule has 0 heterocycles. The first kappa shape index (κ1) is 22.0. The highest BCUT2D eigenvalue weighted by molar-refractivity contribution is 5.75. The van der Waals surface area contributed by atoms with Crippen LogP contribution in [-0.4, -0.2) is 33.7 Å². The van der Waals surface area contributed by atoms with Gasteiger partial charge in [0.25, 0.3) is 5.79 Å². The Kier molecular flexibility index (Phi) is 8.52. The average molecular weight is 386 g/mol. The summed E-state index contributed by atoms with van der Waals surface area (Å²) in [7, 11) is 0. The van der Waals surface area contributed by atoms with Gasteiger partial charge >= 0.3 is 5.97 Å². The lowest BCUT2D eigenvalue weighted by Crippen LogP contribution is -2.37. The van der Waals surface area contributed by atoms with Crippen LogP contribution in [0.15, 0.2) is 54.3 Å². The molecular formula is C23H30O5. The van der Waals surface area contributed by atoms with Gasteiger partial charge in [-0.15, -0.1) is 5.73 Å². The Morgan fingerprint density at radius 1 is 1.25 bits per heavy atom. The lowest BCUT2D eigenvalue weighted by molar-refractivity contribution is -0.201. The first-order valence-corrected chi connectivity index (χ1v) is 9.82. The first-order valence-electron chi connectivity index (χ1n) is 9.82. The zero-order valence-electron chi connectivity index (χ0n) is 16.4. The van der Waals surface area contributed by atoms with Gasteiger partial charge in [-0.25, -0.2) is 4.79 Å². The molecule has 0 amide bonds. The molecule has 28 heavy (non-hydrogen) atoms. The molecule has 5 heteroatoms. The van der Waals surface area contributed by atoms with Crippen LogP contribution in [0.3, 0.4) is 0 Å². The Morgan fingerprint density at radius 3 is 2.71 bits per heavy atom. The van der Waals surface area contributed by atoms with Gasteiger partial charge in [0.05, 0.1) is 6.61 Å². The van der Waals surface area contributed by atoms with E-state index in [0.29, 0.717) is 18.4 Å². The molecule has 0 aliphatic heterocycles. The molecule has 0 bridgehead atoms. The molecular weight excluding hydrogens is 356 g/mol. The van der Waals surface area contributed by atoms with Crippen molar-refractivity contribution in [1.82, 2.24) is 0 Å². The standard InChI is InChI=1S/C23H30O5/c1-18-12-14-21(15-13-18)28-17-6-4-9-20-11-7-10-19(20)8-3-2-5-16-23(26,27)22(24)25/h3-5,9,12-15,19-20,26-27H,6-8,10-11,16-17H2,1H3,(H,24,25)/b9-4+/t2?,19-,20-/m0/s1. The maximum absolute atomic E-state index is 10.6. The molecule has 152 valence electrons. The summed E-state index contributed by atoms with van der Waals surface area (Å²) in [6.45, 7) is 2.71. The van der Waals surface area contributed by atoms with Crippen LogP contribution in [0.25, 0.3) is 0 Å². The van der Waals surface area contributed by atoms with Gasteiger partial charge in [0.2, 0.25) is 0 Å². The molecule has 0 aromatic heterocycles. The average Bonchev–Trinajstić information content (AvgIpc) is 3.10. The predicted octanol–water partition coefficient (Wildman–Crippen LogP) is 3.99. The van der Waals surface area contributed by atoms with Crippen LogP contribution in [0.1, 0.15) is 44.1 Å². The van der Waals surface area contributed by atoms with Crippen LogP contribution in [0.4, 0.5) is 0 Å². The van der Waals surface area contributed by atoms with E-state index in [0.717, 1.165) is 25.0 Å². The number of aliphatic carboxylic acids is 1. The summed E-state index contributed by atoms with van der Waals surface area (Å²) >= 11 is 0. The number of carboxylic acids is 1. The minimum atomic E-state index is -2.72. The molecule has 0 spiro atoms. The molecule has 2 atom stereocenters. The maximum Gasteiger partial charge on any atom is 0.364 e. The van der Waals surface area contributed by atoms with E-state index in [1.807, 2.05) is 30.3 Å². The topological polar surface area (TPSA) is 87.0 Å². The fraction of sp³-hybridized carbons (Fsp3) is 0.478. The Hall–Kier alpha value is -2.33. The Morgan fingerprint density at radius 2 is 2.00 bits per heavy atom. The number of hydrogen-bond donors (Lipinski definition) is 3. The number of allylic oxidation sites excluding steroid dienone is 1. The maximum atomic E-state index is 10.6. The number of rotatable bonds is 10. The first-order chi connectivity index (χ1) is 13.4. The minimum absolute atomic E-state index is 0.381. The number of hydrogen-bond acceptors (Lipinski definition) is 4. The number of aliphatic hydroxyl groups is 2. The second-order valence-corrected chi connectivity index (χ2v) is 7.37. The number of carbonyl (C=O) groups is 1. The van der Waals surface area contributed by atoms with E-state index in [9.17, 15) is 15.0 Å². The van der Waals surface area contributed by atoms with Crippen molar-refractivity contribution in [2.45, 2.75) is 51.2 Å². The Bertz CT molecular complexity index is 711. The smallest absolute Gasteiger partial charge is 0.364 e. The monoisotopic (exact) mass is 386 g/mol. The summed E-state index contributed by atoms with van der Waals surface area (Å²) in [5.41, 5.74) is 4.08. The van der Waals surface area contributed by atoms with E-state index in [2.05, 4.69) is 24.8 Å². The summed E-state index contributed by atoms with van der Waals surface area (Å²) < 4.78 is 5.73. The van der Waals surface area contributed by atoms with E-state index in [1.165, 1.54) is 24.5 Å². The quantitative estimate of drug-likeness (QED) is 0.245. The van der Waals surface area contributed by atoms with Crippen molar-refractivity contribution in [1.29, 1.82) is 0 Å². The lowest BCUT2D eigenvalue weighted by Gasteiger charge is -2.14. The molecule has 0 radical (unpaired) electrons. The van der Waals surface area contributed by atoms with Crippen molar-refractivity contribution in [2.24, 2.45) is 11.8 Å². The number of ether oxygens (including phenoxy) is 1. The van der Waals surface area contributed by atoms with Crippen LogP contribution in [0.5, 0.6) is 5.75 Å². The van der Waals surface area contributed by atoms with Gasteiger partial charge in [-0.3, -0.25) is 0 Å². The van der Waals surface area contributed by atoms with Gasteiger partial charge < -0.3 is 20.1 Å². The minimum Gasteiger partial charge on any atom is -0.493 e. The van der Waals surface area contributed by atoms with E-state index in [-0.39, 0.29) is 6.42 Å². The summed E-state index contributed by atoms with van der Waals surface area (Å²) in [5, 5.41) is 27.1. The number of carboxylic acid groups (broad SMARTS) is 1. The molecule has 0 saturated heterocycles. The zero-order chi connectivity index (χ0) is 20.4. The fourth-order valence-corrected chi connectivity index (χ4v) is 3.35. The Labute approximate surface area is 166 Å². The highest BCUT2D eigenvalue weighted by Crippen LogP contribution is 2.35. The zero-order valence-corrected chi connectivity index (χ0v) is 16.4. The van der Waals surface area contributed by atoms with Gasteiger partial charge in [-0.2, -0.15) is 0 Å². The SMILES string of the molecule is Cc1ccc(OCC/C=C/[C@H]2CCC[C@@H]2CC=C=CCC(O)(O)C(=O)O)cc1. The molecule has 5 nitrogen and oxygen atoms in total. The van der Waals surface area contributed by atoms with Crippen molar-refractivity contribution in [3.63, 3.8) is 0 Å². The predicted molar refractivity (Wildman–Crippen MR) is 108 cm³/mol. The summed E-state index contributed by atoms with van der Waals surface area (Å²) in [4.78, 5) is 10.6. The molecule has 0 unspecified atom stereocenters. The molecule has 1 aromatic rings. The van der Waals surface area contributed by atoms with E-state index < -0.39 is 11.8 Å². The third kappa shape index (κ3) is 7.35. The molecule has 1 fully saturated rings. The van der Waals surface area contributed by atoms with Gasteiger partial charge in [-0.1, -0.05) is 36.3 Å². The molecule has 1 aliphatic carbocycles. The van der Waals surface area contributed by atoms with E-state index >= 15 is 0 Å². The van der Waals surface area contributed by atoms with Crippen molar-refractivity contribution in [3.8, 4) is 5.75 Å². The van der Waals surface area contributed by atoms with Gasteiger partial charge in [0.15, 0.2) is 0 Å². The largest absolute Gasteiger partial charge is 0.493 e. The van der Waals surface area contributed by atoms with Crippen molar-refractivity contribution in [3.05, 3.63) is 59.9 Å². The van der Waals surface area contributed by atoms with Crippen molar-refractivity contribution < 1.29 is 24.9 Å². The summed E-state index contributed by atoms with van der Waals surface area (Å²) in [6, 6.07) is 8.05. The normalized spacial score (nSPS) is 19.4. The van der Waals surface area contributed by atoms with Crippen molar-refractivity contribution >= 4 is 5.97 Å².